The molecule has 1 fully saturated rings. The topological polar surface area (TPSA) is 55.8 Å². The molecule has 0 aliphatic carbocycles. The number of methoxy groups -OCH3 is 1. The number of nitrogens with zero attached hydrogens (tertiary/aromatic N) is 1. The van der Waals surface area contributed by atoms with E-state index < -0.39 is 5.60 Å². The maximum absolute atomic E-state index is 12.4. The first kappa shape index (κ1) is 19.9. The van der Waals surface area contributed by atoms with Gasteiger partial charge in [0.05, 0.1) is 0 Å². The van der Waals surface area contributed by atoms with E-state index in [1.165, 1.54) is 0 Å². The number of amides is 1. The van der Waals surface area contributed by atoms with E-state index in [4.69, 9.17) is 9.47 Å². The van der Waals surface area contributed by atoms with Crippen molar-refractivity contribution in [3.05, 3.63) is 0 Å². The summed E-state index contributed by atoms with van der Waals surface area (Å²) >= 11 is 0. The molecular weight excluding hydrogens is 294 g/mol. The Morgan fingerprint density at radius 1 is 1.13 bits per heavy atom. The van der Waals surface area contributed by atoms with Crippen molar-refractivity contribution in [3.63, 3.8) is 0 Å². The summed E-state index contributed by atoms with van der Waals surface area (Å²) in [4.78, 5) is 26.3. The summed E-state index contributed by atoms with van der Waals surface area (Å²) in [6.45, 7) is 7.15. The molecule has 1 aliphatic rings. The highest BCUT2D eigenvalue weighted by atomic mass is 16.6. The Hall–Kier alpha value is -1.10. The van der Waals surface area contributed by atoms with E-state index in [0.717, 1.165) is 38.6 Å². The Morgan fingerprint density at radius 3 is 2.52 bits per heavy atom. The molecule has 5 heteroatoms. The van der Waals surface area contributed by atoms with E-state index >= 15 is 0 Å². The molecule has 1 aliphatic heterocycles. The minimum absolute atomic E-state index is 0.171. The highest BCUT2D eigenvalue weighted by Gasteiger charge is 2.27. The summed E-state index contributed by atoms with van der Waals surface area (Å²) in [5, 5.41) is 0. The summed E-state index contributed by atoms with van der Waals surface area (Å²) < 4.78 is 10.4. The van der Waals surface area contributed by atoms with Crippen LogP contribution < -0.4 is 0 Å². The third-order valence-electron chi connectivity index (χ3n) is 4.04. The quantitative estimate of drug-likeness (QED) is 0.507. The standard InChI is InChI=1S/C18H33NO4/c1-18(2,3)23-17(21)12-11-15-9-5-7-13-19(15)16(20)10-6-8-14-22-4/h15H,5-14H2,1-4H3. The third kappa shape index (κ3) is 8.35. The highest BCUT2D eigenvalue weighted by Crippen LogP contribution is 2.23. The average Bonchev–Trinajstić information content (AvgIpc) is 2.48. The lowest BCUT2D eigenvalue weighted by Crippen LogP contribution is -2.44. The van der Waals surface area contributed by atoms with Gasteiger partial charge in [-0.25, -0.2) is 0 Å². The number of rotatable bonds is 8. The Morgan fingerprint density at radius 2 is 1.87 bits per heavy atom. The van der Waals surface area contributed by atoms with Crippen LogP contribution in [0, 0.1) is 0 Å². The fourth-order valence-electron chi connectivity index (χ4n) is 2.97. The van der Waals surface area contributed by atoms with Gasteiger partial charge < -0.3 is 14.4 Å². The van der Waals surface area contributed by atoms with Crippen molar-refractivity contribution in [3.8, 4) is 0 Å². The van der Waals surface area contributed by atoms with Crippen LogP contribution in [0.1, 0.15) is 72.1 Å². The van der Waals surface area contributed by atoms with Gasteiger partial charge in [-0.15, -0.1) is 0 Å². The van der Waals surface area contributed by atoms with Gasteiger partial charge >= 0.3 is 5.97 Å². The molecule has 0 bridgehead atoms. The van der Waals surface area contributed by atoms with Crippen molar-refractivity contribution in [2.75, 3.05) is 20.3 Å². The molecule has 0 N–H and O–H groups in total. The maximum atomic E-state index is 12.4. The van der Waals surface area contributed by atoms with Gasteiger partial charge in [-0.1, -0.05) is 0 Å². The summed E-state index contributed by atoms with van der Waals surface area (Å²) in [5.41, 5.74) is -0.444. The van der Waals surface area contributed by atoms with E-state index in [1.54, 1.807) is 7.11 Å². The van der Waals surface area contributed by atoms with E-state index in [9.17, 15) is 9.59 Å². The Labute approximate surface area is 140 Å². The van der Waals surface area contributed by atoms with Gasteiger partial charge in [0.15, 0.2) is 0 Å². The van der Waals surface area contributed by atoms with E-state index in [2.05, 4.69) is 0 Å². The van der Waals surface area contributed by atoms with Gasteiger partial charge in [0, 0.05) is 39.1 Å². The van der Waals surface area contributed by atoms with Gasteiger partial charge in [0.1, 0.15) is 5.60 Å². The summed E-state index contributed by atoms with van der Waals surface area (Å²) in [6.07, 6.45) is 6.63. The molecule has 134 valence electrons. The van der Waals surface area contributed by atoms with Crippen LogP contribution in [0.5, 0.6) is 0 Å². The van der Waals surface area contributed by atoms with Crippen molar-refractivity contribution in [1.82, 2.24) is 4.90 Å². The molecule has 5 nitrogen and oxygen atoms in total. The maximum Gasteiger partial charge on any atom is 0.306 e. The molecule has 1 rings (SSSR count). The molecule has 1 amide bonds. The van der Waals surface area contributed by atoms with Crippen molar-refractivity contribution < 1.29 is 19.1 Å². The minimum atomic E-state index is -0.444. The van der Waals surface area contributed by atoms with Gasteiger partial charge in [0.2, 0.25) is 5.91 Å². The predicted octanol–water partition coefficient (Wildman–Crippen LogP) is 3.31. The molecule has 0 aromatic rings. The molecule has 23 heavy (non-hydrogen) atoms. The number of esters is 1. The van der Waals surface area contributed by atoms with E-state index in [-0.39, 0.29) is 17.9 Å². The number of carbonyl (C=O) groups excluding carboxylic acids is 2. The molecule has 0 aromatic carbocycles. The Kier molecular flexibility index (Phi) is 8.59. The molecule has 1 unspecified atom stereocenters. The number of likely N-dealkylation sites (tertiary alicyclic amines) is 1. The number of unbranched alkanes of at least 4 members (excludes halogenated alkanes) is 1. The van der Waals surface area contributed by atoms with Crippen molar-refractivity contribution >= 4 is 11.9 Å². The van der Waals surface area contributed by atoms with Gasteiger partial charge in [-0.3, -0.25) is 9.59 Å². The number of piperidine rings is 1. The molecule has 0 aromatic heterocycles. The van der Waals surface area contributed by atoms with Crippen LogP contribution in [-0.2, 0) is 19.1 Å². The normalized spacial score (nSPS) is 18.8. The van der Waals surface area contributed by atoms with Crippen molar-refractivity contribution in [1.29, 1.82) is 0 Å². The highest BCUT2D eigenvalue weighted by molar-refractivity contribution is 5.76. The largest absolute Gasteiger partial charge is 0.460 e. The first-order chi connectivity index (χ1) is 10.8. The lowest BCUT2D eigenvalue weighted by Gasteiger charge is -2.36. The van der Waals surface area contributed by atoms with Gasteiger partial charge in [-0.2, -0.15) is 0 Å². The average molecular weight is 327 g/mol. The lowest BCUT2D eigenvalue weighted by molar-refractivity contribution is -0.155. The van der Waals surface area contributed by atoms with Crippen LogP contribution in [0.25, 0.3) is 0 Å². The monoisotopic (exact) mass is 327 g/mol. The van der Waals surface area contributed by atoms with Crippen LogP contribution in [0.4, 0.5) is 0 Å². The van der Waals surface area contributed by atoms with Crippen LogP contribution in [0.3, 0.4) is 0 Å². The van der Waals surface area contributed by atoms with E-state index in [0.29, 0.717) is 25.9 Å². The second kappa shape index (κ2) is 9.91. The first-order valence-electron chi connectivity index (χ1n) is 8.84. The first-order valence-corrected chi connectivity index (χ1v) is 8.84. The molecule has 0 radical (unpaired) electrons. The summed E-state index contributed by atoms with van der Waals surface area (Å²) in [5.74, 6) is 0.0468. The third-order valence-corrected chi connectivity index (χ3v) is 4.04. The fourth-order valence-corrected chi connectivity index (χ4v) is 2.97. The molecule has 1 saturated heterocycles. The number of ether oxygens (including phenoxy) is 2. The second-order valence-electron chi connectivity index (χ2n) is 7.31. The smallest absolute Gasteiger partial charge is 0.306 e. The number of carbonyl (C=O) groups is 2. The SMILES string of the molecule is COCCCCC(=O)N1CCCCC1CCC(=O)OC(C)(C)C. The zero-order valence-electron chi connectivity index (χ0n) is 15.2. The molecule has 1 heterocycles. The zero-order chi connectivity index (χ0) is 17.3. The predicted molar refractivity (Wildman–Crippen MR) is 90.2 cm³/mol. The summed E-state index contributed by atoms with van der Waals surface area (Å²) in [6, 6.07) is 0.186. The molecule has 1 atom stereocenters. The fraction of sp³-hybridized carbons (Fsp3) is 0.889. The minimum Gasteiger partial charge on any atom is -0.460 e. The number of hydrogen-bond donors (Lipinski definition) is 0. The Bertz CT molecular complexity index is 376. The van der Waals surface area contributed by atoms with Crippen LogP contribution >= 0.6 is 0 Å². The molecule has 0 saturated carbocycles. The van der Waals surface area contributed by atoms with Gasteiger partial charge in [0.25, 0.3) is 0 Å². The second-order valence-corrected chi connectivity index (χ2v) is 7.31. The number of hydrogen-bond acceptors (Lipinski definition) is 4. The molecular formula is C18H33NO4. The van der Waals surface area contributed by atoms with Gasteiger partial charge in [-0.05, 0) is 59.3 Å². The Balaban J connectivity index is 2.41. The lowest BCUT2D eigenvalue weighted by atomic mass is 9.97. The molecule has 0 spiro atoms. The van der Waals surface area contributed by atoms with Crippen molar-refractivity contribution in [2.45, 2.75) is 83.8 Å². The zero-order valence-corrected chi connectivity index (χ0v) is 15.2. The van der Waals surface area contributed by atoms with Crippen LogP contribution in [-0.4, -0.2) is 48.7 Å². The van der Waals surface area contributed by atoms with E-state index in [1.807, 2.05) is 25.7 Å². The van der Waals surface area contributed by atoms with Crippen molar-refractivity contribution in [2.24, 2.45) is 0 Å². The van der Waals surface area contributed by atoms with Crippen LogP contribution in [0.15, 0.2) is 0 Å². The van der Waals surface area contributed by atoms with Crippen LogP contribution in [0.2, 0.25) is 0 Å². The summed E-state index contributed by atoms with van der Waals surface area (Å²) in [7, 11) is 1.68.